The smallest absolute Gasteiger partial charge is 0.242 e. The van der Waals surface area contributed by atoms with Gasteiger partial charge in [-0.15, -0.1) is 0 Å². The maximum Gasteiger partial charge on any atom is 0.242 e. The Morgan fingerprint density at radius 1 is 1.14 bits per heavy atom. The molecule has 0 N–H and O–H groups in total. The van der Waals surface area contributed by atoms with Gasteiger partial charge >= 0.3 is 0 Å². The molecule has 0 radical (unpaired) electrons. The molecule has 2 aromatic carbocycles. The zero-order valence-electron chi connectivity index (χ0n) is 16.1. The Labute approximate surface area is 174 Å². The van der Waals surface area contributed by atoms with Crippen molar-refractivity contribution in [3.8, 4) is 11.3 Å². The average Bonchev–Trinajstić information content (AvgIpc) is 3.15. The number of benzene rings is 2. The number of amides is 2. The molecular formula is C22H21ClN4O2. The fourth-order valence-electron chi connectivity index (χ4n) is 3.41. The highest BCUT2D eigenvalue weighted by molar-refractivity contribution is 6.30. The molecule has 0 aliphatic carbocycles. The van der Waals surface area contributed by atoms with E-state index in [0.29, 0.717) is 30.4 Å². The summed E-state index contributed by atoms with van der Waals surface area (Å²) in [4.78, 5) is 28.5. The van der Waals surface area contributed by atoms with Crippen LogP contribution in [0.5, 0.6) is 0 Å². The Bertz CT molecular complexity index is 1050. The van der Waals surface area contributed by atoms with Crippen molar-refractivity contribution in [1.29, 1.82) is 0 Å². The first-order valence-corrected chi connectivity index (χ1v) is 9.81. The first-order chi connectivity index (χ1) is 14.0. The Morgan fingerprint density at radius 3 is 2.69 bits per heavy atom. The number of hydrogen-bond acceptors (Lipinski definition) is 3. The lowest BCUT2D eigenvalue weighted by Crippen LogP contribution is -2.44. The molecule has 1 aliphatic heterocycles. The van der Waals surface area contributed by atoms with Crippen molar-refractivity contribution in [3.63, 3.8) is 0 Å². The molecule has 0 saturated carbocycles. The van der Waals surface area contributed by atoms with Crippen LogP contribution in [-0.2, 0) is 22.7 Å². The zero-order chi connectivity index (χ0) is 20.4. The normalized spacial score (nSPS) is 13.3. The van der Waals surface area contributed by atoms with E-state index in [1.165, 1.54) is 4.90 Å². The van der Waals surface area contributed by atoms with Gasteiger partial charge in [0.2, 0.25) is 11.8 Å². The van der Waals surface area contributed by atoms with Crippen LogP contribution in [0.2, 0.25) is 5.02 Å². The Morgan fingerprint density at radius 2 is 1.93 bits per heavy atom. The minimum Gasteiger partial charge on any atom is -0.340 e. The van der Waals surface area contributed by atoms with Crippen LogP contribution in [0.3, 0.4) is 0 Å². The third-order valence-corrected chi connectivity index (χ3v) is 5.21. The number of fused-ring (bicyclic) bond motifs is 1. The third kappa shape index (κ3) is 4.17. The highest BCUT2D eigenvalue weighted by Crippen LogP contribution is 2.29. The molecule has 2 amide bonds. The molecule has 1 aliphatic rings. The van der Waals surface area contributed by atoms with Gasteiger partial charge in [-0.05, 0) is 17.7 Å². The van der Waals surface area contributed by atoms with E-state index in [9.17, 15) is 9.59 Å². The number of carbonyl (C=O) groups is 2. The quantitative estimate of drug-likeness (QED) is 0.648. The molecule has 0 atom stereocenters. The Kier molecular flexibility index (Phi) is 5.36. The second-order valence-corrected chi connectivity index (χ2v) is 7.52. The molecular weight excluding hydrogens is 388 g/mol. The first-order valence-electron chi connectivity index (χ1n) is 9.43. The lowest BCUT2D eigenvalue weighted by molar-refractivity contribution is -0.131. The highest BCUT2D eigenvalue weighted by Gasteiger charge is 2.29. The fraction of sp³-hybridized carbons (Fsp3) is 0.227. The molecule has 0 unspecified atom stereocenters. The van der Waals surface area contributed by atoms with Gasteiger partial charge in [-0.25, -0.2) is 4.68 Å². The largest absolute Gasteiger partial charge is 0.340 e. The molecule has 1 aromatic heterocycles. The van der Waals surface area contributed by atoms with E-state index in [1.807, 2.05) is 54.6 Å². The van der Waals surface area contributed by atoms with Gasteiger partial charge in [0.15, 0.2) is 0 Å². The molecule has 4 rings (SSSR count). The predicted octanol–water partition coefficient (Wildman–Crippen LogP) is 3.60. The molecule has 0 bridgehead atoms. The Hall–Kier alpha value is -3.12. The van der Waals surface area contributed by atoms with Gasteiger partial charge in [-0.3, -0.25) is 14.5 Å². The van der Waals surface area contributed by atoms with Crippen LogP contribution in [0.1, 0.15) is 12.0 Å². The van der Waals surface area contributed by atoms with Crippen molar-refractivity contribution in [2.45, 2.75) is 19.5 Å². The summed E-state index contributed by atoms with van der Waals surface area (Å²) in [7, 11) is 1.75. The molecule has 0 fully saturated rings. The second kappa shape index (κ2) is 8.09. The summed E-state index contributed by atoms with van der Waals surface area (Å²) in [6.07, 6.45) is 0.319. The van der Waals surface area contributed by atoms with Crippen LogP contribution < -0.4 is 4.90 Å². The lowest BCUT2D eigenvalue weighted by atomic mass is 10.1. The fourth-order valence-corrected chi connectivity index (χ4v) is 3.60. The van der Waals surface area contributed by atoms with Crippen LogP contribution in [0.4, 0.5) is 5.82 Å². The number of carbonyl (C=O) groups excluding carboxylic acids is 2. The van der Waals surface area contributed by atoms with Crippen molar-refractivity contribution in [2.75, 3.05) is 18.5 Å². The van der Waals surface area contributed by atoms with Crippen LogP contribution in [0, 0.1) is 0 Å². The average molecular weight is 409 g/mol. The van der Waals surface area contributed by atoms with Gasteiger partial charge in [0.1, 0.15) is 12.4 Å². The molecule has 3 aromatic rings. The van der Waals surface area contributed by atoms with Gasteiger partial charge < -0.3 is 4.90 Å². The minimum atomic E-state index is -0.124. The molecule has 0 saturated heterocycles. The monoisotopic (exact) mass is 408 g/mol. The van der Waals surface area contributed by atoms with Crippen LogP contribution in [0.25, 0.3) is 11.3 Å². The van der Waals surface area contributed by atoms with E-state index in [-0.39, 0.29) is 18.4 Å². The van der Waals surface area contributed by atoms with Crippen LogP contribution in [0.15, 0.2) is 60.7 Å². The second-order valence-electron chi connectivity index (χ2n) is 7.09. The summed E-state index contributed by atoms with van der Waals surface area (Å²) in [5.41, 5.74) is 2.65. The Balaban J connectivity index is 1.54. The standard InChI is InChI=1S/C22H21ClN4O2/c1-25(14-16-6-3-2-4-7-16)22(29)15-26-20-13-19(17-8-5-9-18(23)12-17)24-27(20)11-10-21(26)28/h2-9,12-13H,10-11,14-15H2,1H3. The number of anilines is 1. The van der Waals surface area contributed by atoms with Crippen LogP contribution in [-0.4, -0.2) is 40.1 Å². The molecule has 148 valence electrons. The molecule has 2 heterocycles. The summed E-state index contributed by atoms with van der Waals surface area (Å²) in [5, 5.41) is 5.23. The van der Waals surface area contributed by atoms with Crippen molar-refractivity contribution in [1.82, 2.24) is 14.7 Å². The molecule has 29 heavy (non-hydrogen) atoms. The molecule has 7 heteroatoms. The van der Waals surface area contributed by atoms with Gasteiger partial charge in [0, 0.05) is 36.7 Å². The summed E-state index contributed by atoms with van der Waals surface area (Å²) in [6, 6.07) is 19.0. The van der Waals surface area contributed by atoms with Crippen molar-refractivity contribution in [2.24, 2.45) is 0 Å². The number of halogens is 1. The topological polar surface area (TPSA) is 58.4 Å². The van der Waals surface area contributed by atoms with Crippen LogP contribution >= 0.6 is 11.6 Å². The van der Waals surface area contributed by atoms with E-state index in [2.05, 4.69) is 5.10 Å². The first kappa shape index (κ1) is 19.2. The third-order valence-electron chi connectivity index (χ3n) is 4.98. The summed E-state index contributed by atoms with van der Waals surface area (Å²) < 4.78 is 1.78. The van der Waals surface area contributed by atoms with Gasteiger partial charge in [0.05, 0.1) is 12.2 Å². The van der Waals surface area contributed by atoms with Gasteiger partial charge in [-0.2, -0.15) is 5.10 Å². The number of aromatic nitrogens is 2. The molecule has 0 spiro atoms. The number of nitrogens with zero attached hydrogens (tertiary/aromatic N) is 4. The zero-order valence-corrected chi connectivity index (χ0v) is 16.8. The number of hydrogen-bond donors (Lipinski definition) is 0. The van der Waals surface area contributed by atoms with E-state index in [4.69, 9.17) is 11.6 Å². The number of aryl methyl sites for hydroxylation is 1. The number of rotatable bonds is 5. The van der Waals surface area contributed by atoms with Crippen molar-refractivity contribution < 1.29 is 9.59 Å². The maximum absolute atomic E-state index is 12.8. The van der Waals surface area contributed by atoms with Crippen molar-refractivity contribution in [3.05, 3.63) is 71.2 Å². The lowest BCUT2D eigenvalue weighted by Gasteiger charge is -2.28. The van der Waals surface area contributed by atoms with Crippen molar-refractivity contribution >= 4 is 29.2 Å². The van der Waals surface area contributed by atoms with Gasteiger partial charge in [-0.1, -0.05) is 54.1 Å². The van der Waals surface area contributed by atoms with E-state index in [0.717, 1.165) is 16.8 Å². The van der Waals surface area contributed by atoms with E-state index < -0.39 is 0 Å². The number of likely N-dealkylation sites (N-methyl/N-ethyl adjacent to an activating group) is 1. The SMILES string of the molecule is CN(Cc1ccccc1)C(=O)CN1C(=O)CCn2nc(-c3cccc(Cl)c3)cc21. The highest BCUT2D eigenvalue weighted by atomic mass is 35.5. The summed E-state index contributed by atoms with van der Waals surface area (Å²) >= 11 is 6.09. The van der Waals surface area contributed by atoms with E-state index in [1.54, 1.807) is 22.7 Å². The molecule has 6 nitrogen and oxygen atoms in total. The predicted molar refractivity (Wildman–Crippen MR) is 113 cm³/mol. The summed E-state index contributed by atoms with van der Waals surface area (Å²) in [5.74, 6) is 0.440. The maximum atomic E-state index is 12.8. The van der Waals surface area contributed by atoms with Gasteiger partial charge in [0.25, 0.3) is 0 Å². The summed E-state index contributed by atoms with van der Waals surface area (Å²) in [6.45, 7) is 0.983. The minimum absolute atomic E-state index is 0.0111. The van der Waals surface area contributed by atoms with E-state index >= 15 is 0 Å².